The Balaban J connectivity index is 1.81. The van der Waals surface area contributed by atoms with Crippen LogP contribution >= 0.6 is 11.6 Å². The Bertz CT molecular complexity index is 664. The van der Waals surface area contributed by atoms with Crippen LogP contribution in [0.2, 0.25) is 5.02 Å². The maximum absolute atomic E-state index is 13.0. The standard InChI is InChI=1S/C16H16ClFN2O2/c1-22-13-4-2-3-11(9-13)19-8-7-16(21)20-12-5-6-15(18)14(17)10-12/h2-6,9-10,19H,7-8H2,1H3,(H,20,21). The number of anilines is 2. The summed E-state index contributed by atoms with van der Waals surface area (Å²) in [4.78, 5) is 11.8. The summed E-state index contributed by atoms with van der Waals surface area (Å²) in [6, 6.07) is 11.5. The number of rotatable bonds is 6. The van der Waals surface area contributed by atoms with Gasteiger partial charge in [-0.3, -0.25) is 4.79 Å². The first kappa shape index (κ1) is 16.1. The zero-order valence-corrected chi connectivity index (χ0v) is 12.8. The van der Waals surface area contributed by atoms with Gasteiger partial charge in [0, 0.05) is 30.4 Å². The molecule has 0 bridgehead atoms. The monoisotopic (exact) mass is 322 g/mol. The summed E-state index contributed by atoms with van der Waals surface area (Å²) < 4.78 is 18.1. The predicted molar refractivity (Wildman–Crippen MR) is 86.1 cm³/mol. The van der Waals surface area contributed by atoms with Crippen molar-refractivity contribution >= 4 is 28.9 Å². The second-order valence-electron chi connectivity index (χ2n) is 4.59. The van der Waals surface area contributed by atoms with Crippen molar-refractivity contribution in [3.63, 3.8) is 0 Å². The van der Waals surface area contributed by atoms with E-state index >= 15 is 0 Å². The third-order valence-electron chi connectivity index (χ3n) is 2.95. The van der Waals surface area contributed by atoms with Crippen LogP contribution in [-0.4, -0.2) is 19.6 Å². The lowest BCUT2D eigenvalue weighted by Gasteiger charge is -2.09. The van der Waals surface area contributed by atoms with E-state index in [-0.39, 0.29) is 17.4 Å². The van der Waals surface area contributed by atoms with Gasteiger partial charge in [-0.1, -0.05) is 17.7 Å². The summed E-state index contributed by atoms with van der Waals surface area (Å²) in [6.07, 6.45) is 0.270. The van der Waals surface area contributed by atoms with Gasteiger partial charge in [-0.05, 0) is 30.3 Å². The van der Waals surface area contributed by atoms with Gasteiger partial charge in [-0.15, -0.1) is 0 Å². The number of carbonyl (C=O) groups is 1. The predicted octanol–water partition coefficient (Wildman–Crippen LogP) is 3.93. The number of halogens is 2. The van der Waals surface area contributed by atoms with Gasteiger partial charge in [-0.25, -0.2) is 4.39 Å². The van der Waals surface area contributed by atoms with Crippen molar-refractivity contribution in [1.29, 1.82) is 0 Å². The molecule has 22 heavy (non-hydrogen) atoms. The number of methoxy groups -OCH3 is 1. The third-order valence-corrected chi connectivity index (χ3v) is 3.24. The maximum atomic E-state index is 13.0. The number of hydrogen-bond donors (Lipinski definition) is 2. The number of benzene rings is 2. The molecule has 0 atom stereocenters. The average Bonchev–Trinajstić information content (AvgIpc) is 2.51. The Morgan fingerprint density at radius 2 is 2.05 bits per heavy atom. The molecule has 2 N–H and O–H groups in total. The van der Waals surface area contributed by atoms with E-state index in [9.17, 15) is 9.18 Å². The zero-order chi connectivity index (χ0) is 15.9. The molecule has 116 valence electrons. The Hall–Kier alpha value is -2.27. The molecule has 2 rings (SSSR count). The molecule has 0 spiro atoms. The summed E-state index contributed by atoms with van der Waals surface area (Å²) >= 11 is 5.66. The van der Waals surface area contributed by atoms with E-state index in [4.69, 9.17) is 16.3 Å². The van der Waals surface area contributed by atoms with Crippen molar-refractivity contribution in [2.24, 2.45) is 0 Å². The van der Waals surface area contributed by atoms with E-state index in [2.05, 4.69) is 10.6 Å². The summed E-state index contributed by atoms with van der Waals surface area (Å²) in [5, 5.41) is 5.77. The fourth-order valence-corrected chi connectivity index (χ4v) is 2.03. The minimum absolute atomic E-state index is 0.0210. The van der Waals surface area contributed by atoms with Crippen LogP contribution in [0.15, 0.2) is 42.5 Å². The molecule has 1 amide bonds. The van der Waals surface area contributed by atoms with Crippen molar-refractivity contribution in [3.05, 3.63) is 53.3 Å². The van der Waals surface area contributed by atoms with Crippen LogP contribution in [0.4, 0.5) is 15.8 Å². The van der Waals surface area contributed by atoms with E-state index < -0.39 is 5.82 Å². The first-order valence-electron chi connectivity index (χ1n) is 6.71. The molecule has 0 heterocycles. The molecule has 4 nitrogen and oxygen atoms in total. The summed E-state index contributed by atoms with van der Waals surface area (Å²) in [5.74, 6) is 0.0489. The van der Waals surface area contributed by atoms with Gasteiger partial charge in [-0.2, -0.15) is 0 Å². The SMILES string of the molecule is COc1cccc(NCCC(=O)Nc2ccc(F)c(Cl)c2)c1. The number of nitrogens with one attached hydrogen (secondary N) is 2. The highest BCUT2D eigenvalue weighted by molar-refractivity contribution is 6.31. The summed E-state index contributed by atoms with van der Waals surface area (Å²) in [5.41, 5.74) is 1.34. The van der Waals surface area contributed by atoms with E-state index in [0.717, 1.165) is 11.4 Å². The molecule has 2 aromatic carbocycles. The highest BCUT2D eigenvalue weighted by Gasteiger charge is 2.05. The van der Waals surface area contributed by atoms with Gasteiger partial charge < -0.3 is 15.4 Å². The Morgan fingerprint density at radius 1 is 1.23 bits per heavy atom. The van der Waals surface area contributed by atoms with E-state index in [1.807, 2.05) is 24.3 Å². The largest absolute Gasteiger partial charge is 0.497 e. The maximum Gasteiger partial charge on any atom is 0.226 e. The normalized spacial score (nSPS) is 10.1. The molecule has 0 aliphatic carbocycles. The van der Waals surface area contributed by atoms with Gasteiger partial charge in [0.1, 0.15) is 11.6 Å². The van der Waals surface area contributed by atoms with Crippen molar-refractivity contribution in [3.8, 4) is 5.75 Å². The zero-order valence-electron chi connectivity index (χ0n) is 12.0. The van der Waals surface area contributed by atoms with Crippen LogP contribution in [0.25, 0.3) is 0 Å². The van der Waals surface area contributed by atoms with Crippen molar-refractivity contribution < 1.29 is 13.9 Å². The molecule has 0 aliphatic heterocycles. The fourth-order valence-electron chi connectivity index (χ4n) is 1.85. The molecule has 6 heteroatoms. The van der Waals surface area contributed by atoms with Gasteiger partial charge in [0.25, 0.3) is 0 Å². The third kappa shape index (κ3) is 4.63. The first-order valence-corrected chi connectivity index (χ1v) is 7.09. The number of amides is 1. The molecule has 2 aromatic rings. The number of hydrogen-bond acceptors (Lipinski definition) is 3. The Labute approximate surface area is 133 Å². The molecule has 0 aliphatic rings. The summed E-state index contributed by atoms with van der Waals surface area (Å²) in [6.45, 7) is 0.466. The van der Waals surface area contributed by atoms with Crippen molar-refractivity contribution in [2.45, 2.75) is 6.42 Å². The number of ether oxygens (including phenoxy) is 1. The quantitative estimate of drug-likeness (QED) is 0.847. The van der Waals surface area contributed by atoms with E-state index in [0.29, 0.717) is 12.2 Å². The highest BCUT2D eigenvalue weighted by atomic mass is 35.5. The van der Waals surface area contributed by atoms with Crippen LogP contribution in [0, 0.1) is 5.82 Å². The number of carbonyl (C=O) groups excluding carboxylic acids is 1. The molecular formula is C16H16ClFN2O2. The molecule has 0 saturated heterocycles. The highest BCUT2D eigenvalue weighted by Crippen LogP contribution is 2.19. The minimum Gasteiger partial charge on any atom is -0.497 e. The van der Waals surface area contributed by atoms with E-state index in [1.54, 1.807) is 7.11 Å². The molecule has 0 fully saturated rings. The van der Waals surface area contributed by atoms with Crippen LogP contribution in [0.5, 0.6) is 5.75 Å². The van der Waals surface area contributed by atoms with Crippen LogP contribution in [0.1, 0.15) is 6.42 Å². The molecule has 0 unspecified atom stereocenters. The van der Waals surface area contributed by atoms with Gasteiger partial charge in [0.15, 0.2) is 0 Å². The van der Waals surface area contributed by atoms with Crippen LogP contribution in [0.3, 0.4) is 0 Å². The van der Waals surface area contributed by atoms with Crippen LogP contribution < -0.4 is 15.4 Å². The first-order chi connectivity index (χ1) is 10.6. The molecule has 0 aromatic heterocycles. The lowest BCUT2D eigenvalue weighted by Crippen LogP contribution is -2.16. The topological polar surface area (TPSA) is 50.4 Å². The van der Waals surface area contributed by atoms with Gasteiger partial charge in [0.2, 0.25) is 5.91 Å². The molecule has 0 saturated carbocycles. The van der Waals surface area contributed by atoms with Crippen molar-refractivity contribution in [2.75, 3.05) is 24.3 Å². The van der Waals surface area contributed by atoms with Crippen LogP contribution in [-0.2, 0) is 4.79 Å². The second kappa shape index (κ2) is 7.66. The lowest BCUT2D eigenvalue weighted by atomic mass is 10.2. The molecular weight excluding hydrogens is 307 g/mol. The van der Waals surface area contributed by atoms with Gasteiger partial charge in [0.05, 0.1) is 12.1 Å². The Kier molecular flexibility index (Phi) is 5.61. The van der Waals surface area contributed by atoms with Gasteiger partial charge >= 0.3 is 0 Å². The second-order valence-corrected chi connectivity index (χ2v) is 4.99. The average molecular weight is 323 g/mol. The smallest absolute Gasteiger partial charge is 0.226 e. The lowest BCUT2D eigenvalue weighted by molar-refractivity contribution is -0.115. The summed E-state index contributed by atoms with van der Waals surface area (Å²) in [7, 11) is 1.60. The van der Waals surface area contributed by atoms with E-state index in [1.165, 1.54) is 18.2 Å². The van der Waals surface area contributed by atoms with Crippen molar-refractivity contribution in [1.82, 2.24) is 0 Å². The molecule has 0 radical (unpaired) electrons. The fraction of sp³-hybridized carbons (Fsp3) is 0.188. The minimum atomic E-state index is -0.514. The Morgan fingerprint density at radius 3 is 2.77 bits per heavy atom.